The van der Waals surface area contributed by atoms with Crippen molar-refractivity contribution in [2.75, 3.05) is 30.9 Å². The van der Waals surface area contributed by atoms with E-state index in [4.69, 9.17) is 9.47 Å². The third kappa shape index (κ3) is 3.45. The van der Waals surface area contributed by atoms with Crippen LogP contribution in [0.15, 0.2) is 47.4 Å². The second kappa shape index (κ2) is 6.96. The first-order valence-corrected chi connectivity index (χ1v) is 8.47. The van der Waals surface area contributed by atoms with Crippen molar-refractivity contribution in [3.63, 3.8) is 0 Å². The molecule has 2 aromatic carbocycles. The largest absolute Gasteiger partial charge is 0.493 e. The van der Waals surface area contributed by atoms with Gasteiger partial charge in [0.1, 0.15) is 0 Å². The van der Waals surface area contributed by atoms with E-state index in [-0.39, 0.29) is 12.5 Å². The minimum Gasteiger partial charge on any atom is -0.493 e. The van der Waals surface area contributed by atoms with Crippen molar-refractivity contribution < 1.29 is 14.3 Å². The van der Waals surface area contributed by atoms with Crippen LogP contribution in [0, 0.1) is 6.92 Å². The number of hydrogen-bond acceptors (Lipinski definition) is 4. The zero-order valence-electron chi connectivity index (χ0n) is 13.2. The molecule has 2 aromatic rings. The Kier molecular flexibility index (Phi) is 4.76. The third-order valence-corrected chi connectivity index (χ3v) is 4.74. The molecule has 0 saturated carbocycles. The first kappa shape index (κ1) is 15.7. The number of hydrogen-bond donors (Lipinski definition) is 0. The molecule has 0 spiro atoms. The molecule has 4 nitrogen and oxygen atoms in total. The summed E-state index contributed by atoms with van der Waals surface area (Å²) in [5.74, 6) is 2.09. The van der Waals surface area contributed by atoms with Gasteiger partial charge in [0.15, 0.2) is 18.1 Å². The van der Waals surface area contributed by atoms with E-state index in [1.807, 2.05) is 49.4 Å². The summed E-state index contributed by atoms with van der Waals surface area (Å²) in [6, 6.07) is 13.6. The number of nitrogens with zero attached hydrogens (tertiary/aromatic N) is 1. The van der Waals surface area contributed by atoms with E-state index in [1.54, 1.807) is 23.8 Å². The molecule has 1 heterocycles. The van der Waals surface area contributed by atoms with Crippen molar-refractivity contribution in [3.05, 3.63) is 48.0 Å². The van der Waals surface area contributed by atoms with E-state index >= 15 is 0 Å². The quantitative estimate of drug-likeness (QED) is 0.860. The second-order valence-electron chi connectivity index (χ2n) is 5.30. The van der Waals surface area contributed by atoms with Gasteiger partial charge in [-0.05, 0) is 36.8 Å². The summed E-state index contributed by atoms with van der Waals surface area (Å²) in [5, 5.41) is 0. The Morgan fingerprint density at radius 2 is 2.04 bits per heavy atom. The van der Waals surface area contributed by atoms with Crippen LogP contribution in [0.1, 0.15) is 5.56 Å². The molecule has 120 valence electrons. The lowest BCUT2D eigenvalue weighted by Crippen LogP contribution is -2.38. The molecule has 1 amide bonds. The maximum absolute atomic E-state index is 12.6. The van der Waals surface area contributed by atoms with Gasteiger partial charge in [0, 0.05) is 17.2 Å². The molecule has 0 aromatic heterocycles. The van der Waals surface area contributed by atoms with Crippen LogP contribution >= 0.6 is 11.8 Å². The highest BCUT2D eigenvalue weighted by Gasteiger charge is 2.23. The maximum Gasteiger partial charge on any atom is 0.264 e. The predicted octanol–water partition coefficient (Wildman–Crippen LogP) is 3.52. The lowest BCUT2D eigenvalue weighted by molar-refractivity contribution is -0.120. The molecule has 0 N–H and O–H groups in total. The van der Waals surface area contributed by atoms with Crippen LogP contribution in [0.4, 0.5) is 5.69 Å². The molecule has 0 bridgehead atoms. The summed E-state index contributed by atoms with van der Waals surface area (Å²) >= 11 is 1.78. The van der Waals surface area contributed by atoms with E-state index in [1.165, 1.54) is 0 Å². The molecule has 1 aliphatic heterocycles. The van der Waals surface area contributed by atoms with Crippen LogP contribution in [-0.4, -0.2) is 31.9 Å². The average molecular weight is 329 g/mol. The number of rotatable bonds is 4. The smallest absolute Gasteiger partial charge is 0.264 e. The summed E-state index contributed by atoms with van der Waals surface area (Å²) < 4.78 is 11.0. The van der Waals surface area contributed by atoms with Gasteiger partial charge in [0.25, 0.3) is 5.91 Å². The van der Waals surface area contributed by atoms with Gasteiger partial charge in [0.2, 0.25) is 0 Å². The number of anilines is 1. The second-order valence-corrected chi connectivity index (χ2v) is 6.44. The minimum atomic E-state index is -0.0413. The highest BCUT2D eigenvalue weighted by molar-refractivity contribution is 7.99. The van der Waals surface area contributed by atoms with Gasteiger partial charge in [0.05, 0.1) is 12.8 Å². The van der Waals surface area contributed by atoms with Gasteiger partial charge in [-0.1, -0.05) is 18.2 Å². The normalized spacial score (nSPS) is 13.4. The van der Waals surface area contributed by atoms with Crippen LogP contribution in [0.5, 0.6) is 11.5 Å². The number of thioether (sulfide) groups is 1. The number of amides is 1. The Morgan fingerprint density at radius 1 is 1.22 bits per heavy atom. The number of para-hydroxylation sites is 1. The molecule has 3 rings (SSSR count). The summed E-state index contributed by atoms with van der Waals surface area (Å²) in [6.45, 7) is 2.69. The maximum atomic E-state index is 12.6. The number of carbonyl (C=O) groups is 1. The summed E-state index contributed by atoms with van der Waals surface area (Å²) in [4.78, 5) is 15.5. The molecule has 0 unspecified atom stereocenters. The molecule has 0 fully saturated rings. The van der Waals surface area contributed by atoms with E-state index < -0.39 is 0 Å². The summed E-state index contributed by atoms with van der Waals surface area (Å²) in [7, 11) is 1.60. The van der Waals surface area contributed by atoms with Gasteiger partial charge >= 0.3 is 0 Å². The zero-order valence-corrected chi connectivity index (χ0v) is 14.1. The fraction of sp³-hybridized carbons (Fsp3) is 0.278. The first-order valence-electron chi connectivity index (χ1n) is 7.48. The molecule has 0 saturated heterocycles. The Balaban J connectivity index is 1.71. The Morgan fingerprint density at radius 3 is 2.87 bits per heavy atom. The van der Waals surface area contributed by atoms with Crippen LogP contribution in [0.2, 0.25) is 0 Å². The predicted molar refractivity (Wildman–Crippen MR) is 92.7 cm³/mol. The fourth-order valence-corrected chi connectivity index (χ4v) is 3.53. The molecule has 0 radical (unpaired) electrons. The number of ether oxygens (including phenoxy) is 2. The van der Waals surface area contributed by atoms with Gasteiger partial charge in [-0.3, -0.25) is 4.79 Å². The molecule has 23 heavy (non-hydrogen) atoms. The van der Waals surface area contributed by atoms with Crippen molar-refractivity contribution in [2.24, 2.45) is 0 Å². The molecule has 0 aliphatic carbocycles. The first-order chi connectivity index (χ1) is 11.2. The van der Waals surface area contributed by atoms with Crippen LogP contribution in [-0.2, 0) is 4.79 Å². The SMILES string of the molecule is COc1cc(C)ccc1OCC(=O)N1CCSc2ccccc21. The number of benzene rings is 2. The summed E-state index contributed by atoms with van der Waals surface area (Å²) in [5.41, 5.74) is 2.05. The molecule has 5 heteroatoms. The number of methoxy groups -OCH3 is 1. The number of fused-ring (bicyclic) bond motifs is 1. The minimum absolute atomic E-state index is 0.00157. The highest BCUT2D eigenvalue weighted by Crippen LogP contribution is 2.34. The Hall–Kier alpha value is -2.14. The Labute approximate surface area is 140 Å². The molecular weight excluding hydrogens is 310 g/mol. The van der Waals surface area contributed by atoms with Gasteiger partial charge in [-0.2, -0.15) is 0 Å². The Bertz CT molecular complexity index is 717. The third-order valence-electron chi connectivity index (χ3n) is 3.70. The average Bonchev–Trinajstić information content (AvgIpc) is 2.59. The standard InChI is InChI=1S/C18H19NO3S/c1-13-7-8-15(16(11-13)21-2)22-12-18(20)19-9-10-23-17-6-4-3-5-14(17)19/h3-8,11H,9-10,12H2,1-2H3. The monoisotopic (exact) mass is 329 g/mol. The highest BCUT2D eigenvalue weighted by atomic mass is 32.2. The van der Waals surface area contributed by atoms with Gasteiger partial charge in [-0.25, -0.2) is 0 Å². The van der Waals surface area contributed by atoms with E-state index in [0.29, 0.717) is 18.0 Å². The molecule has 0 atom stereocenters. The van der Waals surface area contributed by atoms with E-state index in [0.717, 1.165) is 21.9 Å². The molecule has 1 aliphatic rings. The lowest BCUT2D eigenvalue weighted by atomic mass is 10.2. The number of aryl methyl sites for hydroxylation is 1. The van der Waals surface area contributed by atoms with Crippen molar-refractivity contribution in [1.82, 2.24) is 0 Å². The number of carbonyl (C=O) groups excluding carboxylic acids is 1. The van der Waals surface area contributed by atoms with Crippen molar-refractivity contribution in [2.45, 2.75) is 11.8 Å². The summed E-state index contributed by atoms with van der Waals surface area (Å²) in [6.07, 6.45) is 0. The molecular formula is C18H19NO3S. The van der Waals surface area contributed by atoms with Gasteiger partial charge in [-0.15, -0.1) is 11.8 Å². The van der Waals surface area contributed by atoms with E-state index in [9.17, 15) is 4.79 Å². The topological polar surface area (TPSA) is 38.8 Å². The van der Waals surface area contributed by atoms with Crippen LogP contribution in [0.25, 0.3) is 0 Å². The fourth-order valence-electron chi connectivity index (χ4n) is 2.54. The van der Waals surface area contributed by atoms with E-state index in [2.05, 4.69) is 0 Å². The van der Waals surface area contributed by atoms with Crippen LogP contribution in [0.3, 0.4) is 0 Å². The van der Waals surface area contributed by atoms with Crippen molar-refractivity contribution >= 4 is 23.4 Å². The zero-order chi connectivity index (χ0) is 16.2. The lowest BCUT2D eigenvalue weighted by Gasteiger charge is -2.29. The van der Waals surface area contributed by atoms with Crippen LogP contribution < -0.4 is 14.4 Å². The van der Waals surface area contributed by atoms with Crippen molar-refractivity contribution in [1.29, 1.82) is 0 Å². The van der Waals surface area contributed by atoms with Gasteiger partial charge < -0.3 is 14.4 Å². The van der Waals surface area contributed by atoms with Crippen molar-refractivity contribution in [3.8, 4) is 11.5 Å².